The first kappa shape index (κ1) is 13.3. The molecule has 0 saturated carbocycles. The van der Waals surface area contributed by atoms with E-state index in [1.54, 1.807) is 19.1 Å². The number of hydrogen-bond acceptors (Lipinski definition) is 4. The first-order valence-electron chi connectivity index (χ1n) is 6.37. The second kappa shape index (κ2) is 5.65. The van der Waals surface area contributed by atoms with Gasteiger partial charge in [-0.2, -0.15) is 0 Å². The minimum Gasteiger partial charge on any atom is -0.494 e. The van der Waals surface area contributed by atoms with Gasteiger partial charge in [0.15, 0.2) is 0 Å². The van der Waals surface area contributed by atoms with Gasteiger partial charge < -0.3 is 20.2 Å². The van der Waals surface area contributed by atoms with Gasteiger partial charge in [0, 0.05) is 11.5 Å². The molecule has 1 heterocycles. The van der Waals surface area contributed by atoms with Gasteiger partial charge in [0.2, 0.25) is 0 Å². The van der Waals surface area contributed by atoms with Gasteiger partial charge >= 0.3 is 5.97 Å². The highest BCUT2D eigenvalue weighted by molar-refractivity contribution is 5.99. The van der Waals surface area contributed by atoms with E-state index in [2.05, 4.69) is 4.98 Å². The molecule has 0 aliphatic heterocycles. The Morgan fingerprint density at radius 1 is 1.32 bits per heavy atom. The van der Waals surface area contributed by atoms with Gasteiger partial charge in [0.25, 0.3) is 0 Å². The van der Waals surface area contributed by atoms with Crippen LogP contribution in [0.5, 0.6) is 5.75 Å². The number of nitrogens with one attached hydrogen (secondary N) is 1. The fraction of sp³-hybridized carbons (Fsp3) is 0.357. The van der Waals surface area contributed by atoms with Crippen molar-refractivity contribution in [2.45, 2.75) is 20.3 Å². The summed E-state index contributed by atoms with van der Waals surface area (Å²) in [6.45, 7) is 4.79. The van der Waals surface area contributed by atoms with Gasteiger partial charge in [-0.15, -0.1) is 0 Å². The molecule has 0 radical (unpaired) electrons. The highest BCUT2D eigenvalue weighted by Crippen LogP contribution is 2.28. The molecule has 1 aromatic heterocycles. The first-order chi connectivity index (χ1) is 9.15. The molecule has 0 atom stereocenters. The van der Waals surface area contributed by atoms with Crippen molar-refractivity contribution >= 4 is 22.6 Å². The number of hydrogen-bond donors (Lipinski definition) is 2. The minimum absolute atomic E-state index is 0.342. The van der Waals surface area contributed by atoms with Crippen LogP contribution < -0.4 is 10.5 Å². The molecule has 3 N–H and O–H groups in total. The lowest BCUT2D eigenvalue weighted by molar-refractivity contribution is 0.0520. The second-order valence-corrected chi connectivity index (χ2v) is 4.23. The monoisotopic (exact) mass is 262 g/mol. The third-order valence-corrected chi connectivity index (χ3v) is 2.70. The molecule has 2 rings (SSSR count). The van der Waals surface area contributed by atoms with Crippen LogP contribution >= 0.6 is 0 Å². The average Bonchev–Trinajstić information content (AvgIpc) is 2.81. The lowest BCUT2D eigenvalue weighted by Gasteiger charge is -2.05. The molecule has 5 heteroatoms. The van der Waals surface area contributed by atoms with Gasteiger partial charge in [0.05, 0.1) is 24.4 Å². The average molecular weight is 262 g/mol. The van der Waals surface area contributed by atoms with Crippen LogP contribution in [0.1, 0.15) is 30.8 Å². The zero-order valence-corrected chi connectivity index (χ0v) is 11.2. The summed E-state index contributed by atoms with van der Waals surface area (Å²) >= 11 is 0. The fourth-order valence-electron chi connectivity index (χ4n) is 1.87. The van der Waals surface area contributed by atoms with Gasteiger partial charge in [-0.3, -0.25) is 0 Å². The number of carbonyl (C=O) groups is 1. The molecular weight excluding hydrogens is 244 g/mol. The fourth-order valence-corrected chi connectivity index (χ4v) is 1.87. The number of nitrogen functional groups attached to an aromatic ring is 1. The Kier molecular flexibility index (Phi) is 3.94. The van der Waals surface area contributed by atoms with Crippen molar-refractivity contribution in [2.75, 3.05) is 18.9 Å². The van der Waals surface area contributed by atoms with Crippen LogP contribution in [0.25, 0.3) is 10.9 Å². The van der Waals surface area contributed by atoms with E-state index in [9.17, 15) is 4.79 Å². The lowest BCUT2D eigenvalue weighted by Crippen LogP contribution is -2.04. The molecule has 0 aliphatic carbocycles. The number of aromatic nitrogens is 1. The van der Waals surface area contributed by atoms with E-state index in [-0.39, 0.29) is 5.97 Å². The number of carbonyl (C=O) groups excluding carboxylic acids is 1. The summed E-state index contributed by atoms with van der Waals surface area (Å²) in [5.74, 6) is 0.329. The summed E-state index contributed by atoms with van der Waals surface area (Å²) in [4.78, 5) is 14.6. The standard InChI is InChI=1S/C14H18N2O3/c1-3-5-19-10-6-9-7-12(14(17)18-4-2)16-13(9)11(15)8-10/h6-8,16H,3-5,15H2,1-2H3. The number of nitrogens with two attached hydrogens (primary N) is 1. The van der Waals surface area contributed by atoms with Gasteiger partial charge in [0.1, 0.15) is 11.4 Å². The summed E-state index contributed by atoms with van der Waals surface area (Å²) in [6.07, 6.45) is 0.930. The Labute approximate surface area is 111 Å². The van der Waals surface area contributed by atoms with Crippen LogP contribution in [-0.4, -0.2) is 24.2 Å². The molecular formula is C14H18N2O3. The molecule has 0 fully saturated rings. The predicted octanol–water partition coefficient (Wildman–Crippen LogP) is 2.72. The Balaban J connectivity index is 2.36. The number of H-pyrrole nitrogens is 1. The molecule has 0 amide bonds. The zero-order valence-electron chi connectivity index (χ0n) is 11.2. The molecule has 1 aromatic carbocycles. The maximum atomic E-state index is 11.7. The Hall–Kier alpha value is -2.17. The molecule has 19 heavy (non-hydrogen) atoms. The molecule has 0 unspecified atom stereocenters. The Morgan fingerprint density at radius 3 is 2.79 bits per heavy atom. The number of anilines is 1. The summed E-state index contributed by atoms with van der Waals surface area (Å²) in [6, 6.07) is 5.34. The minimum atomic E-state index is -0.380. The summed E-state index contributed by atoms with van der Waals surface area (Å²) in [5, 5.41) is 0.842. The lowest BCUT2D eigenvalue weighted by atomic mass is 10.2. The van der Waals surface area contributed by atoms with Crippen molar-refractivity contribution in [3.8, 4) is 5.75 Å². The van der Waals surface area contributed by atoms with Crippen molar-refractivity contribution in [1.82, 2.24) is 4.98 Å². The number of aromatic amines is 1. The maximum absolute atomic E-state index is 11.7. The first-order valence-corrected chi connectivity index (χ1v) is 6.37. The van der Waals surface area contributed by atoms with E-state index >= 15 is 0 Å². The highest BCUT2D eigenvalue weighted by Gasteiger charge is 2.12. The van der Waals surface area contributed by atoms with Gasteiger partial charge in [-0.05, 0) is 25.5 Å². The number of fused-ring (bicyclic) bond motifs is 1. The quantitative estimate of drug-likeness (QED) is 0.641. The highest BCUT2D eigenvalue weighted by atomic mass is 16.5. The van der Waals surface area contributed by atoms with Crippen molar-refractivity contribution < 1.29 is 14.3 Å². The van der Waals surface area contributed by atoms with E-state index in [1.807, 2.05) is 13.0 Å². The SMILES string of the molecule is CCCOc1cc(N)c2[nH]c(C(=O)OCC)cc2c1. The number of ether oxygens (including phenoxy) is 2. The topological polar surface area (TPSA) is 77.3 Å². The van der Waals surface area contributed by atoms with E-state index in [1.165, 1.54) is 0 Å². The number of rotatable bonds is 5. The van der Waals surface area contributed by atoms with E-state index in [0.29, 0.717) is 30.3 Å². The maximum Gasteiger partial charge on any atom is 0.354 e. The molecule has 5 nitrogen and oxygen atoms in total. The van der Waals surface area contributed by atoms with E-state index in [0.717, 1.165) is 17.3 Å². The summed E-state index contributed by atoms with van der Waals surface area (Å²) < 4.78 is 10.5. The molecule has 2 aromatic rings. The van der Waals surface area contributed by atoms with Crippen molar-refractivity contribution in [3.05, 3.63) is 23.9 Å². The third kappa shape index (κ3) is 2.81. The van der Waals surface area contributed by atoms with Crippen molar-refractivity contribution in [1.29, 1.82) is 0 Å². The number of esters is 1. The molecule has 102 valence electrons. The van der Waals surface area contributed by atoms with Crippen LogP contribution in [0.2, 0.25) is 0 Å². The smallest absolute Gasteiger partial charge is 0.354 e. The molecule has 0 spiro atoms. The van der Waals surface area contributed by atoms with Crippen LogP contribution in [0, 0.1) is 0 Å². The normalized spacial score (nSPS) is 10.6. The Bertz CT molecular complexity index is 590. The van der Waals surface area contributed by atoms with Gasteiger partial charge in [-0.25, -0.2) is 4.79 Å². The molecule has 0 saturated heterocycles. The van der Waals surface area contributed by atoms with Crippen molar-refractivity contribution in [3.63, 3.8) is 0 Å². The van der Waals surface area contributed by atoms with Gasteiger partial charge in [-0.1, -0.05) is 6.92 Å². The van der Waals surface area contributed by atoms with Crippen molar-refractivity contribution in [2.24, 2.45) is 0 Å². The van der Waals surface area contributed by atoms with E-state index in [4.69, 9.17) is 15.2 Å². The largest absolute Gasteiger partial charge is 0.494 e. The summed E-state index contributed by atoms with van der Waals surface area (Å²) in [7, 11) is 0. The second-order valence-electron chi connectivity index (χ2n) is 4.23. The summed E-state index contributed by atoms with van der Waals surface area (Å²) in [5.41, 5.74) is 7.64. The van der Waals surface area contributed by atoms with Crippen LogP contribution in [0.4, 0.5) is 5.69 Å². The van der Waals surface area contributed by atoms with Crippen LogP contribution in [0.3, 0.4) is 0 Å². The van der Waals surface area contributed by atoms with E-state index < -0.39 is 0 Å². The third-order valence-electron chi connectivity index (χ3n) is 2.70. The Morgan fingerprint density at radius 2 is 2.11 bits per heavy atom. The van der Waals surface area contributed by atoms with Crippen LogP contribution in [0.15, 0.2) is 18.2 Å². The molecule has 0 bridgehead atoms. The number of benzene rings is 1. The molecule has 0 aliphatic rings. The van der Waals surface area contributed by atoms with Crippen LogP contribution in [-0.2, 0) is 4.74 Å². The predicted molar refractivity (Wildman–Crippen MR) is 74.5 cm³/mol. The zero-order chi connectivity index (χ0) is 13.8.